The molecule has 8 nitrogen and oxygen atoms in total. The van der Waals surface area contributed by atoms with Crippen molar-refractivity contribution in [1.29, 1.82) is 0 Å². The topological polar surface area (TPSA) is 107 Å². The molecular formula is C23H27N3O5S2. The van der Waals surface area contributed by atoms with E-state index in [1.54, 1.807) is 19.1 Å². The molecule has 0 saturated carbocycles. The predicted molar refractivity (Wildman–Crippen MR) is 129 cm³/mol. The summed E-state index contributed by atoms with van der Waals surface area (Å²) in [7, 11) is -3.28. The Bertz CT molecular complexity index is 1320. The first kappa shape index (κ1) is 24.8. The second kappa shape index (κ2) is 10.9. The predicted octanol–water partition coefficient (Wildman–Crippen LogP) is 3.16. The number of rotatable bonds is 9. The minimum Gasteiger partial charge on any atom is -0.380 e. The highest BCUT2D eigenvalue weighted by Crippen LogP contribution is 2.22. The minimum absolute atomic E-state index is 0.0257. The molecule has 1 heterocycles. The number of carbonyl (C=O) groups excluding carboxylic acids is 2. The number of thiazole rings is 1. The van der Waals surface area contributed by atoms with Gasteiger partial charge in [-0.15, -0.1) is 0 Å². The van der Waals surface area contributed by atoms with Crippen LogP contribution in [0.3, 0.4) is 0 Å². The van der Waals surface area contributed by atoms with Gasteiger partial charge in [0.15, 0.2) is 14.6 Å². The number of amides is 2. The molecule has 0 aliphatic carbocycles. The summed E-state index contributed by atoms with van der Waals surface area (Å²) in [6.07, 6.45) is 0.0588. The fourth-order valence-corrected chi connectivity index (χ4v) is 5.25. The van der Waals surface area contributed by atoms with Crippen LogP contribution in [0.2, 0.25) is 0 Å². The summed E-state index contributed by atoms with van der Waals surface area (Å²) in [6, 6.07) is 11.9. The molecule has 0 saturated heterocycles. The van der Waals surface area contributed by atoms with E-state index in [9.17, 15) is 18.0 Å². The van der Waals surface area contributed by atoms with Gasteiger partial charge in [-0.1, -0.05) is 30.4 Å². The van der Waals surface area contributed by atoms with Crippen molar-refractivity contribution in [3.8, 4) is 0 Å². The summed E-state index contributed by atoms with van der Waals surface area (Å²) < 4.78 is 32.2. The van der Waals surface area contributed by atoms with E-state index < -0.39 is 9.84 Å². The van der Waals surface area contributed by atoms with Gasteiger partial charge in [-0.2, -0.15) is 4.99 Å². The largest absolute Gasteiger partial charge is 0.380 e. The normalized spacial score (nSPS) is 12.3. The molecule has 2 aromatic carbocycles. The Morgan fingerprint density at radius 1 is 1.12 bits per heavy atom. The number of aromatic nitrogens is 1. The molecule has 0 atom stereocenters. The second-order valence-electron chi connectivity index (χ2n) is 7.33. The van der Waals surface area contributed by atoms with Gasteiger partial charge in [0.1, 0.15) is 0 Å². The van der Waals surface area contributed by atoms with Crippen molar-refractivity contribution in [3.63, 3.8) is 0 Å². The Morgan fingerprint density at radius 3 is 2.48 bits per heavy atom. The summed E-state index contributed by atoms with van der Waals surface area (Å²) in [4.78, 5) is 29.2. The summed E-state index contributed by atoms with van der Waals surface area (Å²) in [5.41, 5.74) is 2.26. The van der Waals surface area contributed by atoms with Crippen LogP contribution < -0.4 is 10.1 Å². The molecular weight excluding hydrogens is 462 g/mol. The molecule has 176 valence electrons. The van der Waals surface area contributed by atoms with Crippen LogP contribution in [-0.4, -0.2) is 43.8 Å². The third kappa shape index (κ3) is 6.37. The van der Waals surface area contributed by atoms with Crippen LogP contribution >= 0.6 is 11.3 Å². The maximum atomic E-state index is 12.7. The maximum Gasteiger partial charge on any atom is 0.252 e. The first-order valence-corrected chi connectivity index (χ1v) is 13.1. The molecule has 0 unspecified atom stereocenters. The summed E-state index contributed by atoms with van der Waals surface area (Å²) in [5, 5.41) is 2.76. The monoisotopic (exact) mass is 489 g/mol. The van der Waals surface area contributed by atoms with Crippen LogP contribution in [-0.2, 0) is 37.1 Å². The van der Waals surface area contributed by atoms with Crippen LogP contribution in [0.15, 0.2) is 52.4 Å². The number of benzene rings is 2. The molecule has 0 fully saturated rings. The Hall–Kier alpha value is -2.82. The number of nitrogens with one attached hydrogen (secondary N) is 1. The number of sulfone groups is 1. The van der Waals surface area contributed by atoms with Gasteiger partial charge in [0.05, 0.1) is 33.9 Å². The molecule has 0 bridgehead atoms. The van der Waals surface area contributed by atoms with E-state index in [0.29, 0.717) is 35.8 Å². The van der Waals surface area contributed by atoms with Crippen molar-refractivity contribution in [2.75, 3.05) is 24.3 Å². The van der Waals surface area contributed by atoms with E-state index in [0.717, 1.165) is 10.2 Å². The van der Waals surface area contributed by atoms with Crippen LogP contribution in [0.4, 0.5) is 5.69 Å². The van der Waals surface area contributed by atoms with E-state index >= 15 is 0 Å². The Balaban J connectivity index is 1.91. The summed E-state index contributed by atoms with van der Waals surface area (Å²) >= 11 is 1.36. The molecule has 2 amide bonds. The highest BCUT2D eigenvalue weighted by atomic mass is 32.2. The zero-order chi connectivity index (χ0) is 24.0. The van der Waals surface area contributed by atoms with Crippen molar-refractivity contribution in [1.82, 2.24) is 4.57 Å². The van der Waals surface area contributed by atoms with E-state index in [1.165, 1.54) is 30.4 Å². The fraction of sp³-hybridized carbons (Fsp3) is 0.348. The van der Waals surface area contributed by atoms with E-state index in [1.807, 2.05) is 29.7 Å². The number of ether oxygens (including phenoxy) is 1. The first-order chi connectivity index (χ1) is 15.7. The molecule has 1 aromatic heterocycles. The second-order valence-corrected chi connectivity index (χ2v) is 10.6. The van der Waals surface area contributed by atoms with Crippen LogP contribution in [0.5, 0.6) is 0 Å². The first-order valence-electron chi connectivity index (χ1n) is 10.6. The van der Waals surface area contributed by atoms with Crippen LogP contribution in [0, 0.1) is 0 Å². The number of hydrogen-bond donors (Lipinski definition) is 1. The highest BCUT2D eigenvalue weighted by molar-refractivity contribution is 7.91. The quantitative estimate of drug-likeness (QED) is 0.465. The number of hydrogen-bond acceptors (Lipinski definition) is 6. The smallest absolute Gasteiger partial charge is 0.252 e. The fourth-order valence-electron chi connectivity index (χ4n) is 3.26. The van der Waals surface area contributed by atoms with Gasteiger partial charge in [0, 0.05) is 25.8 Å². The summed E-state index contributed by atoms with van der Waals surface area (Å²) in [5.74, 6) is -0.467. The average molecular weight is 490 g/mol. The third-order valence-electron chi connectivity index (χ3n) is 4.90. The van der Waals surface area contributed by atoms with Gasteiger partial charge < -0.3 is 14.6 Å². The molecule has 0 aliphatic heterocycles. The lowest BCUT2D eigenvalue weighted by molar-refractivity contribution is -0.117. The standard InChI is InChI=1S/C23H27N3O5S2/c1-4-31-13-12-26-20-11-8-18(24-16(3)27)15-21(20)32-23(26)25-22(28)14-17-6-9-19(10-7-17)33(29,30)5-2/h6-11,15H,4-5,12-14H2,1-3H3,(H,24,27). The van der Waals surface area contributed by atoms with Gasteiger partial charge in [-0.05, 0) is 42.8 Å². The molecule has 3 rings (SSSR count). The lowest BCUT2D eigenvalue weighted by Crippen LogP contribution is -2.20. The number of anilines is 1. The SMILES string of the molecule is CCOCCn1c(=NC(=O)Cc2ccc(S(=O)(=O)CC)cc2)sc2cc(NC(C)=O)ccc21. The van der Waals surface area contributed by atoms with Crippen LogP contribution in [0.25, 0.3) is 10.2 Å². The van der Waals surface area contributed by atoms with Crippen molar-refractivity contribution in [2.24, 2.45) is 4.99 Å². The molecule has 0 spiro atoms. The van der Waals surface area contributed by atoms with Crippen molar-refractivity contribution in [2.45, 2.75) is 38.6 Å². The van der Waals surface area contributed by atoms with Crippen molar-refractivity contribution < 1.29 is 22.7 Å². The summed E-state index contributed by atoms with van der Waals surface area (Å²) in [6.45, 7) is 6.56. The number of nitrogens with zero attached hydrogens (tertiary/aromatic N) is 2. The molecule has 0 radical (unpaired) electrons. The van der Waals surface area contributed by atoms with E-state index in [-0.39, 0.29) is 28.9 Å². The van der Waals surface area contributed by atoms with Crippen LogP contribution in [0.1, 0.15) is 26.3 Å². The molecule has 0 aliphatic rings. The highest BCUT2D eigenvalue weighted by Gasteiger charge is 2.13. The van der Waals surface area contributed by atoms with E-state index in [4.69, 9.17) is 4.74 Å². The van der Waals surface area contributed by atoms with Gasteiger partial charge >= 0.3 is 0 Å². The van der Waals surface area contributed by atoms with Gasteiger partial charge in [-0.3, -0.25) is 9.59 Å². The molecule has 10 heteroatoms. The lowest BCUT2D eigenvalue weighted by atomic mass is 10.1. The lowest BCUT2D eigenvalue weighted by Gasteiger charge is -2.06. The average Bonchev–Trinajstić information content (AvgIpc) is 3.10. The molecule has 33 heavy (non-hydrogen) atoms. The Labute approximate surface area is 196 Å². The Kier molecular flexibility index (Phi) is 8.17. The third-order valence-corrected chi connectivity index (χ3v) is 7.70. The molecule has 1 N–H and O–H groups in total. The zero-order valence-electron chi connectivity index (χ0n) is 18.8. The number of fused-ring (bicyclic) bond motifs is 1. The molecule has 3 aromatic rings. The van der Waals surface area contributed by atoms with E-state index in [2.05, 4.69) is 10.3 Å². The van der Waals surface area contributed by atoms with Crippen molar-refractivity contribution in [3.05, 3.63) is 52.8 Å². The van der Waals surface area contributed by atoms with Gasteiger partial charge in [0.2, 0.25) is 5.91 Å². The van der Waals surface area contributed by atoms with Crippen molar-refractivity contribution >= 4 is 48.9 Å². The maximum absolute atomic E-state index is 12.7. The Morgan fingerprint density at radius 2 is 1.85 bits per heavy atom. The van der Waals surface area contributed by atoms with Gasteiger partial charge in [-0.25, -0.2) is 8.42 Å². The number of carbonyl (C=O) groups is 2. The minimum atomic E-state index is -3.28. The zero-order valence-corrected chi connectivity index (χ0v) is 20.5. The van der Waals surface area contributed by atoms with Gasteiger partial charge in [0.25, 0.3) is 5.91 Å².